The maximum atomic E-state index is 14.2. The van der Waals surface area contributed by atoms with Crippen LogP contribution in [0.3, 0.4) is 0 Å². The molecule has 51 heavy (non-hydrogen) atoms. The smallest absolute Gasteiger partial charge is 0.255 e. The van der Waals surface area contributed by atoms with Gasteiger partial charge in [-0.15, -0.1) is 5.10 Å². The lowest BCUT2D eigenvalue weighted by Gasteiger charge is -2.29. The van der Waals surface area contributed by atoms with E-state index in [1.165, 1.54) is 17.3 Å². The van der Waals surface area contributed by atoms with E-state index in [-0.39, 0.29) is 11.3 Å². The molecule has 0 radical (unpaired) electrons. The fourth-order valence-electron chi connectivity index (χ4n) is 5.78. The van der Waals surface area contributed by atoms with Crippen molar-refractivity contribution in [2.45, 2.75) is 56.7 Å². The summed E-state index contributed by atoms with van der Waals surface area (Å²) in [6.45, 7) is 8.77. The zero-order valence-corrected chi connectivity index (χ0v) is 32.4. The molecular weight excluding hydrogens is 750 g/mol. The molecule has 0 fully saturated rings. The minimum absolute atomic E-state index is 0.0604. The molecule has 5 aromatic rings. The second-order valence-electron chi connectivity index (χ2n) is 13.0. The van der Waals surface area contributed by atoms with Gasteiger partial charge >= 0.3 is 0 Å². The molecule has 1 atom stereocenters. The molecule has 1 unspecified atom stereocenters. The minimum Gasteiger partial charge on any atom is -0.495 e. The third-order valence-corrected chi connectivity index (χ3v) is 10.4. The van der Waals surface area contributed by atoms with Crippen LogP contribution in [0.15, 0.2) is 106 Å². The SMILES string of the molecule is COc1ccccc1NC(=O)C1=C(C)Nc2nc(SCc3ccccc3Cl)nn2C1c1cc(Br)c(OCc2ccc(C(C)(C)C)cc2)c(OC)c1. The Balaban J connectivity index is 1.36. The van der Waals surface area contributed by atoms with Crippen molar-refractivity contribution < 1.29 is 19.0 Å². The number of fused-ring (bicyclic) bond motifs is 1. The zero-order chi connectivity index (χ0) is 36.3. The van der Waals surface area contributed by atoms with Gasteiger partial charge in [0.05, 0.1) is 30.0 Å². The highest BCUT2D eigenvalue weighted by atomic mass is 79.9. The van der Waals surface area contributed by atoms with E-state index in [9.17, 15) is 4.79 Å². The molecule has 9 nitrogen and oxygen atoms in total. The van der Waals surface area contributed by atoms with E-state index < -0.39 is 6.04 Å². The van der Waals surface area contributed by atoms with Crippen LogP contribution in [0.25, 0.3) is 0 Å². The molecule has 2 heterocycles. The van der Waals surface area contributed by atoms with Gasteiger partial charge in [-0.3, -0.25) is 4.79 Å². The number of amides is 1. The van der Waals surface area contributed by atoms with Gasteiger partial charge in [0.15, 0.2) is 11.5 Å². The van der Waals surface area contributed by atoms with Crippen molar-refractivity contribution in [1.82, 2.24) is 14.8 Å². The summed E-state index contributed by atoms with van der Waals surface area (Å²) < 4.78 is 20.1. The number of thioether (sulfide) groups is 1. The number of rotatable bonds is 11. The number of para-hydroxylation sites is 2. The summed E-state index contributed by atoms with van der Waals surface area (Å²) in [7, 11) is 3.16. The predicted octanol–water partition coefficient (Wildman–Crippen LogP) is 9.81. The van der Waals surface area contributed by atoms with Gasteiger partial charge in [0.25, 0.3) is 5.91 Å². The van der Waals surface area contributed by atoms with E-state index in [4.69, 9.17) is 35.9 Å². The Hall–Kier alpha value is -4.45. The molecule has 1 aliphatic rings. The number of carbonyl (C=O) groups excluding carboxylic acids is 1. The van der Waals surface area contributed by atoms with Crippen LogP contribution in [-0.4, -0.2) is 34.9 Å². The van der Waals surface area contributed by atoms with Crippen LogP contribution in [-0.2, 0) is 22.6 Å². The van der Waals surface area contributed by atoms with Crippen LogP contribution >= 0.6 is 39.3 Å². The molecule has 6 rings (SSSR count). The molecule has 1 amide bonds. The van der Waals surface area contributed by atoms with Crippen molar-refractivity contribution in [2.75, 3.05) is 24.9 Å². The Morgan fingerprint density at radius 2 is 1.71 bits per heavy atom. The maximum absolute atomic E-state index is 14.2. The van der Waals surface area contributed by atoms with Gasteiger partial charge in [-0.1, -0.05) is 98.7 Å². The lowest BCUT2D eigenvalue weighted by atomic mass is 9.87. The van der Waals surface area contributed by atoms with Crippen LogP contribution in [0.5, 0.6) is 17.2 Å². The Morgan fingerprint density at radius 1 is 1.00 bits per heavy atom. The molecule has 4 aromatic carbocycles. The lowest BCUT2D eigenvalue weighted by Crippen LogP contribution is -2.31. The van der Waals surface area contributed by atoms with Gasteiger partial charge in [0.1, 0.15) is 18.4 Å². The molecule has 0 saturated carbocycles. The first kappa shape index (κ1) is 36.3. The van der Waals surface area contributed by atoms with E-state index in [1.807, 2.05) is 55.5 Å². The van der Waals surface area contributed by atoms with Crippen LogP contribution in [0.1, 0.15) is 56.0 Å². The number of allylic oxidation sites excluding steroid dienone is 1. The molecule has 1 aliphatic heterocycles. The summed E-state index contributed by atoms with van der Waals surface area (Å²) in [5, 5.41) is 12.5. The summed E-state index contributed by atoms with van der Waals surface area (Å²) >= 11 is 11.6. The van der Waals surface area contributed by atoms with Crippen molar-refractivity contribution in [3.63, 3.8) is 0 Å². The predicted molar refractivity (Wildman–Crippen MR) is 207 cm³/mol. The highest BCUT2D eigenvalue weighted by Crippen LogP contribution is 2.44. The number of anilines is 2. The summed E-state index contributed by atoms with van der Waals surface area (Å²) in [5.74, 6) is 2.35. The average molecular weight is 789 g/mol. The first-order chi connectivity index (χ1) is 24.5. The first-order valence-electron chi connectivity index (χ1n) is 16.3. The van der Waals surface area contributed by atoms with E-state index in [0.29, 0.717) is 67.2 Å². The number of ether oxygens (including phenoxy) is 3. The molecule has 264 valence electrons. The first-order valence-corrected chi connectivity index (χ1v) is 18.5. The maximum Gasteiger partial charge on any atom is 0.255 e. The quantitative estimate of drug-likeness (QED) is 0.128. The Kier molecular flexibility index (Phi) is 11.0. The van der Waals surface area contributed by atoms with Crippen LogP contribution < -0.4 is 24.8 Å². The number of halogens is 2. The Morgan fingerprint density at radius 3 is 2.41 bits per heavy atom. The number of nitrogens with zero attached hydrogens (tertiary/aromatic N) is 3. The average Bonchev–Trinajstić information content (AvgIpc) is 3.52. The topological polar surface area (TPSA) is 99.5 Å². The number of nitrogens with one attached hydrogen (secondary N) is 2. The van der Waals surface area contributed by atoms with E-state index in [0.717, 1.165) is 16.7 Å². The molecule has 0 saturated heterocycles. The number of hydrogen-bond donors (Lipinski definition) is 2. The van der Waals surface area contributed by atoms with Crippen molar-refractivity contribution in [3.8, 4) is 17.2 Å². The number of hydrogen-bond acceptors (Lipinski definition) is 8. The molecule has 12 heteroatoms. The third kappa shape index (κ3) is 8.06. The number of carbonyl (C=O) groups is 1. The largest absolute Gasteiger partial charge is 0.495 e. The van der Waals surface area contributed by atoms with E-state index >= 15 is 0 Å². The third-order valence-electron chi connectivity index (χ3n) is 8.52. The molecule has 2 N–H and O–H groups in total. The van der Waals surface area contributed by atoms with Gasteiger partial charge in [-0.2, -0.15) is 4.98 Å². The van der Waals surface area contributed by atoms with Crippen molar-refractivity contribution in [1.29, 1.82) is 0 Å². The Labute approximate surface area is 315 Å². The molecule has 1 aromatic heterocycles. The van der Waals surface area contributed by atoms with Gasteiger partial charge in [0, 0.05) is 16.5 Å². The van der Waals surface area contributed by atoms with Gasteiger partial charge < -0.3 is 24.8 Å². The molecule has 0 spiro atoms. The van der Waals surface area contributed by atoms with Crippen LogP contribution in [0.4, 0.5) is 11.6 Å². The fourth-order valence-corrected chi connectivity index (χ4v) is 7.47. The van der Waals surface area contributed by atoms with Crippen LogP contribution in [0, 0.1) is 0 Å². The van der Waals surface area contributed by atoms with E-state index in [2.05, 4.69) is 71.6 Å². The van der Waals surface area contributed by atoms with Crippen LogP contribution in [0.2, 0.25) is 5.02 Å². The minimum atomic E-state index is -0.678. The van der Waals surface area contributed by atoms with Gasteiger partial charge in [0.2, 0.25) is 11.1 Å². The zero-order valence-electron chi connectivity index (χ0n) is 29.2. The van der Waals surface area contributed by atoms with Crippen molar-refractivity contribution in [3.05, 3.63) is 128 Å². The summed E-state index contributed by atoms with van der Waals surface area (Å²) in [4.78, 5) is 19.0. The monoisotopic (exact) mass is 787 g/mol. The normalized spacial score (nSPS) is 14.1. The van der Waals surface area contributed by atoms with E-state index in [1.54, 1.807) is 31.0 Å². The number of benzene rings is 4. The highest BCUT2D eigenvalue weighted by molar-refractivity contribution is 9.10. The molecular formula is C39H39BrClN5O4S. The number of aromatic nitrogens is 3. The van der Waals surface area contributed by atoms with Crippen molar-refractivity contribution in [2.24, 2.45) is 0 Å². The second-order valence-corrected chi connectivity index (χ2v) is 15.2. The lowest BCUT2D eigenvalue weighted by molar-refractivity contribution is -0.113. The van der Waals surface area contributed by atoms with Gasteiger partial charge in [-0.25, -0.2) is 4.68 Å². The standard InChI is InChI=1S/C39H39BrClN5O4S/c1-23-33(36(47)43-30-13-9-10-14-31(30)48-5)34(46-37(42-23)44-38(45-46)51-22-25-11-7-8-12-29(25)41)26-19-28(40)35(32(20-26)49-6)50-21-24-15-17-27(18-16-24)39(2,3)4/h7-20,34H,21-22H2,1-6H3,(H,43,47)(H,42,44,45). The molecule has 0 bridgehead atoms. The number of methoxy groups -OCH3 is 2. The van der Waals surface area contributed by atoms with Crippen molar-refractivity contribution >= 4 is 56.8 Å². The molecule has 0 aliphatic carbocycles. The summed E-state index contributed by atoms with van der Waals surface area (Å²) in [6.07, 6.45) is 0. The fraction of sp³-hybridized carbons (Fsp3) is 0.256. The summed E-state index contributed by atoms with van der Waals surface area (Å²) in [6, 6.07) is 26.5. The highest BCUT2D eigenvalue weighted by Gasteiger charge is 2.36. The van der Waals surface area contributed by atoms with Gasteiger partial charge in [-0.05, 0) is 80.9 Å². The Bertz CT molecular complexity index is 2090. The summed E-state index contributed by atoms with van der Waals surface area (Å²) in [5.41, 5.74) is 5.67. The second kappa shape index (κ2) is 15.4.